The maximum atomic E-state index is 14.1. The molecule has 0 spiro atoms. The number of hydrogen-bond donors (Lipinski definition) is 0. The zero-order valence-corrected chi connectivity index (χ0v) is 25.7. The summed E-state index contributed by atoms with van der Waals surface area (Å²) in [6.07, 6.45) is 6.99. The van der Waals surface area contributed by atoms with Crippen molar-refractivity contribution in [3.63, 3.8) is 0 Å². The minimum Gasteiger partial charge on any atom is -0.493 e. The van der Waals surface area contributed by atoms with Crippen LogP contribution in [0.1, 0.15) is 53.8 Å². The van der Waals surface area contributed by atoms with Gasteiger partial charge in [0.2, 0.25) is 11.7 Å². The van der Waals surface area contributed by atoms with Crippen LogP contribution in [-0.2, 0) is 17.8 Å². The molecular formula is C33H42N2O8. The van der Waals surface area contributed by atoms with Crippen molar-refractivity contribution in [1.82, 2.24) is 9.80 Å². The zero-order valence-electron chi connectivity index (χ0n) is 25.7. The molecular weight excluding hydrogens is 552 g/mol. The Labute approximate surface area is 253 Å². The second-order valence-corrected chi connectivity index (χ2v) is 10.5. The molecule has 1 heterocycles. The summed E-state index contributed by atoms with van der Waals surface area (Å²) in [6, 6.07) is 12.6. The molecule has 2 aromatic carbocycles. The van der Waals surface area contributed by atoms with Gasteiger partial charge in [-0.25, -0.2) is 0 Å². The van der Waals surface area contributed by atoms with E-state index >= 15 is 0 Å². The first-order valence-corrected chi connectivity index (χ1v) is 14.5. The van der Waals surface area contributed by atoms with Gasteiger partial charge in [0, 0.05) is 18.2 Å². The lowest BCUT2D eigenvalue weighted by atomic mass is 9.93. The molecule has 43 heavy (non-hydrogen) atoms. The first-order valence-electron chi connectivity index (χ1n) is 14.5. The molecule has 1 aliphatic carbocycles. The van der Waals surface area contributed by atoms with E-state index in [0.717, 1.165) is 37.7 Å². The fraction of sp³-hybridized carbons (Fsp3) is 0.455. The van der Waals surface area contributed by atoms with Gasteiger partial charge < -0.3 is 37.9 Å². The predicted octanol–water partition coefficient (Wildman–Crippen LogP) is 5.37. The average Bonchev–Trinajstić information content (AvgIpc) is 3.57. The summed E-state index contributed by atoms with van der Waals surface area (Å²) in [6.45, 7) is 0.648. The molecule has 0 saturated heterocycles. The van der Waals surface area contributed by atoms with Gasteiger partial charge >= 0.3 is 0 Å². The van der Waals surface area contributed by atoms with Crippen LogP contribution in [0.3, 0.4) is 0 Å². The van der Waals surface area contributed by atoms with Gasteiger partial charge in [0.1, 0.15) is 12.3 Å². The molecule has 2 amide bonds. The molecule has 0 atom stereocenters. The van der Waals surface area contributed by atoms with Crippen molar-refractivity contribution in [3.8, 4) is 28.7 Å². The Morgan fingerprint density at radius 2 is 1.49 bits per heavy atom. The summed E-state index contributed by atoms with van der Waals surface area (Å²) in [5.41, 5.74) is 1.36. The topological polar surface area (TPSA) is 99.9 Å². The number of carbonyl (C=O) groups excluding carboxylic acids is 2. The first kappa shape index (κ1) is 31.6. The minimum atomic E-state index is -0.252. The molecule has 0 unspecified atom stereocenters. The SMILES string of the molecule is COc1ccc(CCN(Cc2ccco2)C(=O)CN(C(=O)c2cc(OC)c(OC)c(OC)c2)C2CCCCC2)cc1OC. The van der Waals surface area contributed by atoms with E-state index < -0.39 is 0 Å². The van der Waals surface area contributed by atoms with Crippen LogP contribution in [0, 0.1) is 0 Å². The van der Waals surface area contributed by atoms with Crippen LogP contribution in [0.25, 0.3) is 0 Å². The number of ether oxygens (including phenoxy) is 5. The normalized spacial score (nSPS) is 13.2. The predicted molar refractivity (Wildman–Crippen MR) is 161 cm³/mol. The summed E-state index contributed by atoms with van der Waals surface area (Å²) in [7, 11) is 7.74. The lowest BCUT2D eigenvalue weighted by molar-refractivity contribution is -0.133. The van der Waals surface area contributed by atoms with Crippen molar-refractivity contribution in [3.05, 3.63) is 65.6 Å². The van der Waals surface area contributed by atoms with Crippen LogP contribution in [0.15, 0.2) is 53.1 Å². The van der Waals surface area contributed by atoms with Gasteiger partial charge in [0.25, 0.3) is 5.91 Å². The van der Waals surface area contributed by atoms with Crippen LogP contribution in [0.5, 0.6) is 28.7 Å². The standard InChI is InChI=1S/C33H42N2O8/c1-38-27-14-13-23(18-28(27)39-2)15-16-34(21-26-12-9-17-43-26)31(36)22-35(25-10-7-6-8-11-25)33(37)24-19-29(40-3)32(42-5)30(20-24)41-4/h9,12-14,17-20,25H,6-8,10-11,15-16,21-22H2,1-5H3. The van der Waals surface area contributed by atoms with E-state index in [1.54, 1.807) is 48.5 Å². The van der Waals surface area contributed by atoms with Crippen molar-refractivity contribution < 1.29 is 37.7 Å². The Kier molecular flexibility index (Phi) is 11.2. The van der Waals surface area contributed by atoms with Gasteiger partial charge in [-0.2, -0.15) is 0 Å². The maximum absolute atomic E-state index is 14.1. The molecule has 1 fully saturated rings. The second kappa shape index (κ2) is 15.2. The number of benzene rings is 2. The van der Waals surface area contributed by atoms with Crippen LogP contribution in [-0.4, -0.2) is 76.3 Å². The Morgan fingerprint density at radius 3 is 2.07 bits per heavy atom. The lowest BCUT2D eigenvalue weighted by Gasteiger charge is -2.35. The van der Waals surface area contributed by atoms with E-state index in [0.29, 0.717) is 53.0 Å². The van der Waals surface area contributed by atoms with E-state index in [-0.39, 0.29) is 30.9 Å². The van der Waals surface area contributed by atoms with Gasteiger partial charge in [-0.3, -0.25) is 9.59 Å². The average molecular weight is 595 g/mol. The van der Waals surface area contributed by atoms with Crippen LogP contribution in [0.2, 0.25) is 0 Å². The molecule has 4 rings (SSSR count). The molecule has 1 saturated carbocycles. The number of nitrogens with zero attached hydrogens (tertiary/aromatic N) is 2. The van der Waals surface area contributed by atoms with Gasteiger partial charge in [-0.1, -0.05) is 25.3 Å². The highest BCUT2D eigenvalue weighted by atomic mass is 16.5. The molecule has 232 valence electrons. The molecule has 3 aromatic rings. The highest BCUT2D eigenvalue weighted by Crippen LogP contribution is 2.39. The third-order valence-electron chi connectivity index (χ3n) is 7.89. The number of methoxy groups -OCH3 is 5. The van der Waals surface area contributed by atoms with Gasteiger partial charge in [0.15, 0.2) is 23.0 Å². The molecule has 1 aliphatic rings. The van der Waals surface area contributed by atoms with Crippen molar-refractivity contribution in [2.45, 2.75) is 51.1 Å². The molecule has 0 radical (unpaired) electrons. The van der Waals surface area contributed by atoms with Crippen molar-refractivity contribution in [2.75, 3.05) is 48.6 Å². The van der Waals surface area contributed by atoms with Gasteiger partial charge in [-0.05, 0) is 61.2 Å². The summed E-state index contributed by atoms with van der Waals surface area (Å²) in [4.78, 5) is 31.6. The van der Waals surface area contributed by atoms with E-state index in [1.807, 2.05) is 24.3 Å². The molecule has 10 heteroatoms. The van der Waals surface area contributed by atoms with Crippen LogP contribution >= 0.6 is 0 Å². The molecule has 0 aliphatic heterocycles. The molecule has 1 aromatic heterocycles. The Hall–Kier alpha value is -4.34. The lowest BCUT2D eigenvalue weighted by Crippen LogP contribution is -2.48. The summed E-state index contributed by atoms with van der Waals surface area (Å²) in [5.74, 6) is 2.69. The summed E-state index contributed by atoms with van der Waals surface area (Å²) in [5, 5.41) is 0. The van der Waals surface area contributed by atoms with Crippen molar-refractivity contribution >= 4 is 11.8 Å². The monoisotopic (exact) mass is 594 g/mol. The van der Waals surface area contributed by atoms with Crippen molar-refractivity contribution in [1.29, 1.82) is 0 Å². The fourth-order valence-electron chi connectivity index (χ4n) is 5.56. The summed E-state index contributed by atoms with van der Waals surface area (Å²) < 4.78 is 32.9. The Morgan fingerprint density at radius 1 is 0.814 bits per heavy atom. The third-order valence-corrected chi connectivity index (χ3v) is 7.89. The van der Waals surface area contributed by atoms with E-state index in [2.05, 4.69) is 0 Å². The number of amides is 2. The Balaban J connectivity index is 1.60. The fourth-order valence-corrected chi connectivity index (χ4v) is 5.56. The number of carbonyl (C=O) groups is 2. The Bertz CT molecular complexity index is 1330. The van der Waals surface area contributed by atoms with Gasteiger partial charge in [0.05, 0.1) is 48.4 Å². The number of furan rings is 1. The number of rotatable bonds is 14. The quantitative estimate of drug-likeness (QED) is 0.246. The summed E-state index contributed by atoms with van der Waals surface area (Å²) >= 11 is 0. The largest absolute Gasteiger partial charge is 0.493 e. The van der Waals surface area contributed by atoms with Crippen LogP contribution < -0.4 is 23.7 Å². The highest BCUT2D eigenvalue weighted by molar-refractivity contribution is 5.98. The maximum Gasteiger partial charge on any atom is 0.254 e. The zero-order chi connectivity index (χ0) is 30.8. The number of hydrogen-bond acceptors (Lipinski definition) is 8. The molecule has 0 bridgehead atoms. The molecule has 10 nitrogen and oxygen atoms in total. The van der Waals surface area contributed by atoms with E-state index in [1.165, 1.54) is 21.3 Å². The smallest absolute Gasteiger partial charge is 0.254 e. The van der Waals surface area contributed by atoms with Crippen molar-refractivity contribution in [2.24, 2.45) is 0 Å². The molecule has 0 N–H and O–H groups in total. The highest BCUT2D eigenvalue weighted by Gasteiger charge is 2.31. The van der Waals surface area contributed by atoms with E-state index in [9.17, 15) is 9.59 Å². The second-order valence-electron chi connectivity index (χ2n) is 10.5. The third kappa shape index (κ3) is 7.74. The van der Waals surface area contributed by atoms with Gasteiger partial charge in [-0.15, -0.1) is 0 Å². The van der Waals surface area contributed by atoms with E-state index in [4.69, 9.17) is 28.1 Å². The van der Waals surface area contributed by atoms with Crippen LogP contribution in [0.4, 0.5) is 0 Å². The first-order chi connectivity index (χ1) is 20.9. The minimum absolute atomic E-state index is 0.0550.